The highest BCUT2D eigenvalue weighted by molar-refractivity contribution is 6.01. The number of fused-ring (bicyclic) bond motifs is 2. The van der Waals surface area contributed by atoms with Gasteiger partial charge in [0.15, 0.2) is 0 Å². The standard InChI is InChI=1S/C42H49N11O5/c1-25(2)46-31-20-35(52-14-13-28-19-27(21-43)22-45-39(28)52)44-23-30(31)40(55)47-29-7-5-26(6-8-29)24-50-15-17-51(18-16-50)38-34(58-4)11-9-32-37(38)49(3)42(57)53(32)33-10-12-36(54)48-41(33)56/h9,11,13-14,19-20,22-23,25-26,29,33H,5-8,10,12,15-18,24H2,1-4H3,(H,44,46)(H,47,55)(H,48,54,56)/t26-,29-,33?. The van der Waals surface area contributed by atoms with E-state index in [-0.39, 0.29) is 42.4 Å². The lowest BCUT2D eigenvalue weighted by Gasteiger charge is -2.39. The summed E-state index contributed by atoms with van der Waals surface area (Å²) in [5, 5.41) is 19.2. The highest BCUT2D eigenvalue weighted by atomic mass is 16.5. The first-order chi connectivity index (χ1) is 28.0. The number of ether oxygens (including phenoxy) is 1. The van der Waals surface area contributed by atoms with Crippen molar-refractivity contribution in [2.24, 2.45) is 13.0 Å². The Hall–Kier alpha value is -6.21. The second-order valence-electron chi connectivity index (χ2n) is 16.0. The molecule has 1 atom stereocenters. The molecule has 5 aromatic rings. The molecule has 58 heavy (non-hydrogen) atoms. The molecule has 0 spiro atoms. The van der Waals surface area contributed by atoms with Crippen LogP contribution < -0.4 is 31.3 Å². The molecule has 3 amide bonds. The summed E-state index contributed by atoms with van der Waals surface area (Å²) in [6.45, 7) is 8.24. The van der Waals surface area contributed by atoms with Gasteiger partial charge in [0.05, 0.1) is 35.0 Å². The number of amides is 3. The lowest BCUT2D eigenvalue weighted by Crippen LogP contribution is -2.48. The summed E-state index contributed by atoms with van der Waals surface area (Å²) in [5.41, 5.74) is 4.26. The van der Waals surface area contributed by atoms with Gasteiger partial charge in [-0.15, -0.1) is 0 Å². The third-order valence-electron chi connectivity index (χ3n) is 11.8. The molecule has 3 N–H and O–H groups in total. The van der Waals surface area contributed by atoms with Gasteiger partial charge in [0, 0.05) is 88.3 Å². The third-order valence-corrected chi connectivity index (χ3v) is 11.8. The highest BCUT2D eigenvalue weighted by Crippen LogP contribution is 2.38. The molecule has 1 aromatic carbocycles. The van der Waals surface area contributed by atoms with Crippen LogP contribution in [0.3, 0.4) is 0 Å². The van der Waals surface area contributed by atoms with Crippen LogP contribution in [0.1, 0.15) is 74.3 Å². The van der Waals surface area contributed by atoms with Gasteiger partial charge in [-0.05, 0) is 76.1 Å². The fourth-order valence-electron chi connectivity index (χ4n) is 8.86. The first-order valence-electron chi connectivity index (χ1n) is 20.1. The van der Waals surface area contributed by atoms with E-state index in [1.54, 1.807) is 37.2 Å². The lowest BCUT2D eigenvalue weighted by atomic mass is 9.85. The van der Waals surface area contributed by atoms with Crippen LogP contribution in [0.15, 0.2) is 53.7 Å². The van der Waals surface area contributed by atoms with Crippen molar-refractivity contribution in [3.8, 4) is 17.6 Å². The molecule has 0 bridgehead atoms. The van der Waals surface area contributed by atoms with Crippen LogP contribution in [-0.2, 0) is 16.6 Å². The lowest BCUT2D eigenvalue weighted by molar-refractivity contribution is -0.135. The van der Waals surface area contributed by atoms with Gasteiger partial charge in [-0.2, -0.15) is 5.26 Å². The van der Waals surface area contributed by atoms with Crippen LogP contribution in [0.4, 0.5) is 11.4 Å². The van der Waals surface area contributed by atoms with Crippen molar-refractivity contribution in [3.05, 3.63) is 70.5 Å². The summed E-state index contributed by atoms with van der Waals surface area (Å²) >= 11 is 0. The number of nitrogens with zero attached hydrogens (tertiary/aromatic N) is 8. The maximum atomic E-state index is 13.7. The molecule has 3 aliphatic rings. The first-order valence-corrected chi connectivity index (χ1v) is 20.1. The maximum Gasteiger partial charge on any atom is 0.329 e. The molecular formula is C42H49N11O5. The number of aromatic nitrogens is 5. The number of hydrogen-bond donors (Lipinski definition) is 3. The number of carbonyl (C=O) groups excluding carboxylic acids is 3. The average Bonchev–Trinajstić information content (AvgIpc) is 3.75. The number of piperazine rings is 1. The number of pyridine rings is 2. The van der Waals surface area contributed by atoms with E-state index in [0.29, 0.717) is 51.0 Å². The number of hydrogen-bond acceptors (Lipinski definition) is 11. The topological polar surface area (TPSA) is 184 Å². The number of carbonyl (C=O) groups is 3. The summed E-state index contributed by atoms with van der Waals surface area (Å²) < 4.78 is 10.8. The predicted octanol–water partition coefficient (Wildman–Crippen LogP) is 3.86. The van der Waals surface area contributed by atoms with E-state index in [1.807, 2.05) is 48.9 Å². The molecule has 1 aliphatic carbocycles. The molecule has 3 fully saturated rings. The van der Waals surface area contributed by atoms with Gasteiger partial charge in [0.2, 0.25) is 11.8 Å². The minimum Gasteiger partial charge on any atom is -0.494 e. The predicted molar refractivity (Wildman–Crippen MR) is 219 cm³/mol. The monoisotopic (exact) mass is 787 g/mol. The second-order valence-corrected chi connectivity index (χ2v) is 16.0. The zero-order valence-electron chi connectivity index (χ0n) is 33.3. The number of rotatable bonds is 10. The Labute approximate surface area is 335 Å². The van der Waals surface area contributed by atoms with Crippen molar-refractivity contribution in [1.29, 1.82) is 5.26 Å². The van der Waals surface area contributed by atoms with Crippen LogP contribution >= 0.6 is 0 Å². The number of benzene rings is 1. The molecular weight excluding hydrogens is 739 g/mol. The van der Waals surface area contributed by atoms with Gasteiger partial charge in [0.1, 0.15) is 35.0 Å². The molecule has 8 rings (SSSR count). The Bertz CT molecular complexity index is 2500. The Morgan fingerprint density at radius 2 is 1.79 bits per heavy atom. The maximum absolute atomic E-state index is 13.7. The number of anilines is 2. The van der Waals surface area contributed by atoms with E-state index in [9.17, 15) is 24.4 Å². The SMILES string of the molecule is COc1ccc2c(c1N1CCN(C[C@H]3CC[C@H](NC(=O)c4cnc(-n5ccc6cc(C#N)cnc65)cc4NC(C)C)CC3)CC1)n(C)c(=O)n2C1CCC(=O)NC1=O. The van der Waals surface area contributed by atoms with Gasteiger partial charge < -0.3 is 20.3 Å². The molecule has 302 valence electrons. The molecule has 16 heteroatoms. The van der Waals surface area contributed by atoms with Crippen LogP contribution in [0.5, 0.6) is 5.75 Å². The normalized spacial score (nSPS) is 20.3. The molecule has 2 aliphatic heterocycles. The number of nitriles is 1. The summed E-state index contributed by atoms with van der Waals surface area (Å²) in [4.78, 5) is 65.8. The number of nitrogens with one attached hydrogen (secondary N) is 3. The Morgan fingerprint density at radius 1 is 1.02 bits per heavy atom. The molecule has 1 saturated carbocycles. The minimum absolute atomic E-state index is 0.0752. The number of imidazole rings is 1. The van der Waals surface area contributed by atoms with Crippen molar-refractivity contribution in [1.82, 2.24) is 39.2 Å². The fraction of sp³-hybridized carbons (Fsp3) is 0.452. The zero-order chi connectivity index (χ0) is 40.7. The van der Waals surface area contributed by atoms with Crippen molar-refractivity contribution in [3.63, 3.8) is 0 Å². The van der Waals surface area contributed by atoms with Gasteiger partial charge in [-0.3, -0.25) is 38.3 Å². The van der Waals surface area contributed by atoms with Crippen molar-refractivity contribution in [2.75, 3.05) is 50.1 Å². The summed E-state index contributed by atoms with van der Waals surface area (Å²) in [7, 11) is 3.35. The van der Waals surface area contributed by atoms with Crippen LogP contribution in [0.25, 0.3) is 27.9 Å². The molecule has 6 heterocycles. The molecule has 1 unspecified atom stereocenters. The Morgan fingerprint density at radius 3 is 2.50 bits per heavy atom. The van der Waals surface area contributed by atoms with Crippen LogP contribution in [-0.4, -0.2) is 98.2 Å². The Balaban J connectivity index is 0.885. The summed E-state index contributed by atoms with van der Waals surface area (Å²) in [6.07, 6.45) is 9.33. The van der Waals surface area contributed by atoms with Gasteiger partial charge >= 0.3 is 5.69 Å². The highest BCUT2D eigenvalue weighted by Gasteiger charge is 2.34. The van der Waals surface area contributed by atoms with Gasteiger partial charge in [-0.1, -0.05) is 0 Å². The van der Waals surface area contributed by atoms with Gasteiger partial charge in [-0.25, -0.2) is 14.8 Å². The van der Waals surface area contributed by atoms with Crippen molar-refractivity contribution >= 4 is 51.2 Å². The molecule has 0 radical (unpaired) electrons. The fourth-order valence-corrected chi connectivity index (χ4v) is 8.86. The zero-order valence-corrected chi connectivity index (χ0v) is 33.3. The van der Waals surface area contributed by atoms with E-state index in [1.165, 1.54) is 4.57 Å². The average molecular weight is 788 g/mol. The molecule has 4 aromatic heterocycles. The van der Waals surface area contributed by atoms with Gasteiger partial charge in [0.25, 0.3) is 5.91 Å². The largest absolute Gasteiger partial charge is 0.494 e. The van der Waals surface area contributed by atoms with Crippen molar-refractivity contribution < 1.29 is 19.1 Å². The smallest absolute Gasteiger partial charge is 0.329 e. The van der Waals surface area contributed by atoms with E-state index in [4.69, 9.17) is 4.74 Å². The van der Waals surface area contributed by atoms with Crippen molar-refractivity contribution in [2.45, 2.75) is 70.5 Å². The van der Waals surface area contributed by atoms with Crippen LogP contribution in [0, 0.1) is 17.2 Å². The number of imide groups is 1. The molecule has 2 saturated heterocycles. The number of piperidine rings is 1. The third kappa shape index (κ3) is 7.37. The minimum atomic E-state index is -0.755. The number of aryl methyl sites for hydroxylation is 1. The quantitative estimate of drug-likeness (QED) is 0.175. The second kappa shape index (κ2) is 16.0. The Kier molecular flexibility index (Phi) is 10.6. The number of methoxy groups -OCH3 is 1. The first kappa shape index (κ1) is 38.7. The van der Waals surface area contributed by atoms with E-state index >= 15 is 0 Å². The van der Waals surface area contributed by atoms with E-state index < -0.39 is 11.9 Å². The van der Waals surface area contributed by atoms with E-state index in [2.05, 4.69) is 41.8 Å². The summed E-state index contributed by atoms with van der Waals surface area (Å²) in [6, 6.07) is 10.8. The van der Waals surface area contributed by atoms with E-state index in [0.717, 1.165) is 69.5 Å². The molecule has 16 nitrogen and oxygen atoms in total. The summed E-state index contributed by atoms with van der Waals surface area (Å²) in [5.74, 6) is 0.889. The van der Waals surface area contributed by atoms with Crippen LogP contribution in [0.2, 0.25) is 0 Å².